The minimum Gasteiger partial charge on any atom is -0.460 e. The molecule has 0 saturated heterocycles. The quantitative estimate of drug-likeness (QED) is 0.0756. The van der Waals surface area contributed by atoms with Crippen LogP contribution in [-0.2, 0) is 6.42 Å². The van der Waals surface area contributed by atoms with Gasteiger partial charge in [-0.05, 0) is 109 Å². The van der Waals surface area contributed by atoms with Crippen molar-refractivity contribution < 1.29 is 9.21 Å². The predicted octanol–water partition coefficient (Wildman–Crippen LogP) is 17.6. The van der Waals surface area contributed by atoms with Gasteiger partial charge in [-0.2, -0.15) is 0 Å². The van der Waals surface area contributed by atoms with Gasteiger partial charge in [-0.15, -0.1) is 36.5 Å². The van der Waals surface area contributed by atoms with E-state index in [4.69, 9.17) is 4.42 Å². The molecule has 0 N–H and O–H groups in total. The van der Waals surface area contributed by atoms with E-state index < -0.39 is 0 Å². The van der Waals surface area contributed by atoms with Crippen LogP contribution < -0.4 is 0 Å². The minimum atomic E-state index is 0.00820. The molecule has 4 nitrogen and oxygen atoms in total. The van der Waals surface area contributed by atoms with Crippen LogP contribution in [0.1, 0.15) is 45.2 Å². The summed E-state index contributed by atoms with van der Waals surface area (Å²) < 4.78 is 10.4. The Hall–Kier alpha value is -6.99. The van der Waals surface area contributed by atoms with E-state index in [9.17, 15) is 4.79 Å². The Kier molecular flexibility index (Phi) is 18.7. The first kappa shape index (κ1) is 49.0. The van der Waals surface area contributed by atoms with Gasteiger partial charge in [0.05, 0.1) is 28.8 Å². The number of thiol groups is 2. The molecule has 1 aliphatic heterocycles. The van der Waals surface area contributed by atoms with Crippen molar-refractivity contribution in [1.82, 2.24) is 9.13 Å². The maximum Gasteiger partial charge on any atom is 0.239 e. The Balaban J connectivity index is 0.000000471. The molecule has 4 heterocycles. The maximum absolute atomic E-state index is 13.7. The first-order chi connectivity index (χ1) is 31.9. The Morgan fingerprint density at radius 3 is 1.55 bits per heavy atom. The molecule has 0 radical (unpaired) electrons. The largest absolute Gasteiger partial charge is 0.460 e. The van der Waals surface area contributed by atoms with E-state index in [1.165, 1.54) is 16.7 Å². The number of carbonyl (C=O) groups is 1. The molecule has 0 amide bonds. The maximum atomic E-state index is 13.7. The topological polar surface area (TPSA) is 40.1 Å². The normalized spacial score (nSPS) is 10.8. The highest BCUT2D eigenvalue weighted by Crippen LogP contribution is 2.42. The molecule has 65 heavy (non-hydrogen) atoms. The monoisotopic (exact) mass is 890 g/mol. The fraction of sp³-hybridized carbons (Fsp3) is 0.102. The summed E-state index contributed by atoms with van der Waals surface area (Å²) in [5, 5.41) is 2.30. The fourth-order valence-corrected chi connectivity index (χ4v) is 7.74. The molecule has 328 valence electrons. The molecule has 3 aromatic heterocycles. The summed E-state index contributed by atoms with van der Waals surface area (Å²) in [6, 6.07) is 59.3. The number of aromatic nitrogens is 2. The van der Waals surface area contributed by atoms with Crippen LogP contribution in [0.4, 0.5) is 0 Å². The van der Waals surface area contributed by atoms with Gasteiger partial charge < -0.3 is 8.98 Å². The highest BCUT2D eigenvalue weighted by Gasteiger charge is 2.29. The highest BCUT2D eigenvalue weighted by molar-refractivity contribution is 8.59. The standard InChI is InChI=1S/C46H30N2O2.C5H8.2C3H6.C2H6.H2S2/c49-46-29-45-39(28-44(50-45)31-13-6-2-7-14-31)43-24-23-40(48(43)46)35-20-22-42-38(27-35)37-26-34(19-21-41(37)47(42)36-17-8-3-9-18-36)33-16-10-15-32(25-33)30-11-4-1-5-12-30;1-3-5-4-2;2*1-3-2;2*1-2/h1-28H,29H2;3-5H,1H2,2H3;2*3H,1H2,2H3;1-2H3;1-2H/b;5-4-;;;;. The zero-order valence-corrected chi connectivity index (χ0v) is 39.8. The number of carbonyl (C=O) groups excluding carboxylic acids is 1. The van der Waals surface area contributed by atoms with Gasteiger partial charge in [0.1, 0.15) is 11.5 Å². The van der Waals surface area contributed by atoms with Crippen LogP contribution >= 0.6 is 23.3 Å². The van der Waals surface area contributed by atoms with Gasteiger partial charge in [-0.3, -0.25) is 9.36 Å². The molecule has 0 spiro atoms. The van der Waals surface area contributed by atoms with Gasteiger partial charge in [0.25, 0.3) is 0 Å². The molecule has 6 aromatic carbocycles. The van der Waals surface area contributed by atoms with Crippen molar-refractivity contribution in [3.8, 4) is 61.8 Å². The summed E-state index contributed by atoms with van der Waals surface area (Å²) in [4.78, 5) is 13.7. The van der Waals surface area contributed by atoms with E-state index >= 15 is 0 Å². The summed E-state index contributed by atoms with van der Waals surface area (Å²) in [5.74, 6) is 1.50. The average molecular weight is 891 g/mol. The number of nitrogens with zero attached hydrogens (tertiary/aromatic N) is 2. The lowest BCUT2D eigenvalue weighted by Gasteiger charge is -2.16. The smallest absolute Gasteiger partial charge is 0.239 e. The molecule has 0 bridgehead atoms. The van der Waals surface area contributed by atoms with Gasteiger partial charge in [-0.1, -0.05) is 160 Å². The van der Waals surface area contributed by atoms with Crippen LogP contribution in [0.25, 0.3) is 83.6 Å². The summed E-state index contributed by atoms with van der Waals surface area (Å²) in [7, 11) is 0. The highest BCUT2D eigenvalue weighted by atomic mass is 33.1. The third-order valence-electron chi connectivity index (χ3n) is 10.3. The summed E-state index contributed by atoms with van der Waals surface area (Å²) >= 11 is 6.44. The lowest BCUT2D eigenvalue weighted by molar-refractivity contribution is 0.0908. The van der Waals surface area contributed by atoms with E-state index in [0.717, 1.165) is 72.7 Å². The van der Waals surface area contributed by atoms with E-state index in [-0.39, 0.29) is 12.3 Å². The van der Waals surface area contributed by atoms with E-state index in [1.807, 2.05) is 99.9 Å². The summed E-state index contributed by atoms with van der Waals surface area (Å²) in [6.07, 6.45) is 9.30. The van der Waals surface area contributed by atoms with E-state index in [2.05, 4.69) is 169 Å². The number of hydrogen-bond donors (Lipinski definition) is 2. The first-order valence-corrected chi connectivity index (χ1v) is 23.4. The van der Waals surface area contributed by atoms with Crippen LogP contribution in [-0.4, -0.2) is 15.0 Å². The van der Waals surface area contributed by atoms with Crippen LogP contribution in [0.2, 0.25) is 0 Å². The van der Waals surface area contributed by atoms with Crippen molar-refractivity contribution in [2.24, 2.45) is 0 Å². The Morgan fingerprint density at radius 2 is 1.00 bits per heavy atom. The molecule has 10 rings (SSSR count). The minimum absolute atomic E-state index is 0.00820. The molecule has 0 saturated carbocycles. The molecule has 6 heteroatoms. The number of rotatable bonds is 6. The Morgan fingerprint density at radius 1 is 0.523 bits per heavy atom. The van der Waals surface area contributed by atoms with Gasteiger partial charge >= 0.3 is 0 Å². The molecular weight excluding hydrogens is 833 g/mol. The van der Waals surface area contributed by atoms with E-state index in [0.29, 0.717) is 0 Å². The first-order valence-electron chi connectivity index (χ1n) is 21.8. The third-order valence-corrected chi connectivity index (χ3v) is 10.3. The van der Waals surface area contributed by atoms with Gasteiger partial charge in [0.2, 0.25) is 5.91 Å². The van der Waals surface area contributed by atoms with Crippen molar-refractivity contribution in [3.05, 3.63) is 226 Å². The van der Waals surface area contributed by atoms with Crippen LogP contribution in [0.15, 0.2) is 224 Å². The number of benzene rings is 6. The molecule has 9 aromatic rings. The number of allylic oxidation sites excluding steroid dienone is 5. The molecule has 0 fully saturated rings. The van der Waals surface area contributed by atoms with Crippen molar-refractivity contribution in [1.29, 1.82) is 0 Å². The number of fused-ring (bicyclic) bond motifs is 6. The second kappa shape index (κ2) is 24.7. The number of furan rings is 1. The Labute approximate surface area is 395 Å². The fourth-order valence-electron chi connectivity index (χ4n) is 7.74. The average Bonchev–Trinajstić information content (AvgIpc) is 4.09. The zero-order chi connectivity index (χ0) is 46.7. The molecule has 0 unspecified atom stereocenters. The van der Waals surface area contributed by atoms with Crippen molar-refractivity contribution in [2.45, 2.75) is 41.0 Å². The molecule has 1 aliphatic rings. The van der Waals surface area contributed by atoms with Gasteiger partial charge in [0.15, 0.2) is 0 Å². The molecule has 0 atom stereocenters. The lowest BCUT2D eigenvalue weighted by Crippen LogP contribution is -2.19. The Bertz CT molecular complexity index is 2980. The van der Waals surface area contributed by atoms with Crippen molar-refractivity contribution in [3.63, 3.8) is 0 Å². The zero-order valence-electron chi connectivity index (χ0n) is 38.0. The van der Waals surface area contributed by atoms with Crippen LogP contribution in [0.5, 0.6) is 0 Å². The molecular formula is C59H58N2O2S2. The second-order valence-electron chi connectivity index (χ2n) is 14.5. The van der Waals surface area contributed by atoms with Crippen LogP contribution in [0, 0.1) is 0 Å². The van der Waals surface area contributed by atoms with Gasteiger partial charge in [0, 0.05) is 27.6 Å². The van der Waals surface area contributed by atoms with E-state index in [1.54, 1.807) is 18.2 Å². The molecule has 0 aliphatic carbocycles. The summed E-state index contributed by atoms with van der Waals surface area (Å²) in [5.41, 5.74) is 12.8. The third kappa shape index (κ3) is 11.2. The SMILES string of the molecule is C=C/C=C\C.C=CC.C=CC.CC.O=C1Cc2oc(-c3ccccc3)cc2-c2ccc(-c3ccc4c(c3)c3cc(-c5cccc(-c6ccccc6)c5)ccc3n4-c3ccccc3)n21.SS. The summed E-state index contributed by atoms with van der Waals surface area (Å²) in [6.45, 7) is 19.9. The van der Waals surface area contributed by atoms with Crippen molar-refractivity contribution >= 4 is 51.0 Å². The second-order valence-corrected chi connectivity index (χ2v) is 14.5. The van der Waals surface area contributed by atoms with Gasteiger partial charge in [-0.25, -0.2) is 0 Å². The predicted molar refractivity (Wildman–Crippen MR) is 289 cm³/mol. The van der Waals surface area contributed by atoms with Crippen LogP contribution in [0.3, 0.4) is 0 Å². The van der Waals surface area contributed by atoms with Crippen molar-refractivity contribution in [2.75, 3.05) is 0 Å². The lowest BCUT2D eigenvalue weighted by atomic mass is 9.97. The number of para-hydroxylation sites is 1. The number of hydrogen-bond acceptors (Lipinski definition) is 4.